The van der Waals surface area contributed by atoms with Gasteiger partial charge in [0.15, 0.2) is 22.5 Å². The molecule has 0 fully saturated rings. The van der Waals surface area contributed by atoms with E-state index in [1.807, 2.05) is 73.3 Å². The van der Waals surface area contributed by atoms with Gasteiger partial charge in [0.05, 0.1) is 33.9 Å². The van der Waals surface area contributed by atoms with Crippen molar-refractivity contribution in [2.45, 2.75) is 43.3 Å². The van der Waals surface area contributed by atoms with Crippen LogP contribution in [-0.2, 0) is 10.5 Å². The van der Waals surface area contributed by atoms with Crippen LogP contribution in [0.25, 0.3) is 11.5 Å². The normalized spacial score (nSPS) is 14.8. The Morgan fingerprint density at radius 2 is 1.85 bits per heavy atom. The summed E-state index contributed by atoms with van der Waals surface area (Å²) in [5.41, 5.74) is 4.42. The van der Waals surface area contributed by atoms with Gasteiger partial charge < -0.3 is 29.4 Å². The average Bonchev–Trinajstić information content (AvgIpc) is 3.39. The number of hydrogen-bond donors (Lipinski definition) is 2. The van der Waals surface area contributed by atoms with Gasteiger partial charge in [-0.1, -0.05) is 24.8 Å². The minimum atomic E-state index is -0.460. The highest BCUT2D eigenvalue weighted by Gasteiger charge is 2.25. The summed E-state index contributed by atoms with van der Waals surface area (Å²) in [6.07, 6.45) is 4.37. The van der Waals surface area contributed by atoms with E-state index in [0.29, 0.717) is 40.4 Å². The van der Waals surface area contributed by atoms with Crippen LogP contribution in [-0.4, -0.2) is 60.6 Å². The van der Waals surface area contributed by atoms with Crippen molar-refractivity contribution in [3.63, 3.8) is 0 Å². The number of aliphatic imine (C=N–C) groups is 1. The number of methoxy groups -OCH3 is 3. The van der Waals surface area contributed by atoms with Gasteiger partial charge in [-0.25, -0.2) is 9.97 Å². The molecule has 0 aliphatic carbocycles. The maximum absolute atomic E-state index is 13.6. The number of imidazole rings is 1. The van der Waals surface area contributed by atoms with E-state index < -0.39 is 6.04 Å². The van der Waals surface area contributed by atoms with Crippen LogP contribution in [0.3, 0.4) is 0 Å². The van der Waals surface area contributed by atoms with Crippen molar-refractivity contribution >= 4 is 35.3 Å². The third-order valence-corrected chi connectivity index (χ3v) is 7.86. The number of pyridine rings is 1. The largest absolute Gasteiger partial charge is 0.493 e. The van der Waals surface area contributed by atoms with Crippen molar-refractivity contribution < 1.29 is 19.0 Å². The second kappa shape index (κ2) is 12.5. The molecule has 3 heterocycles. The van der Waals surface area contributed by atoms with Crippen molar-refractivity contribution in [1.82, 2.24) is 14.5 Å². The van der Waals surface area contributed by atoms with Crippen LogP contribution in [0.4, 0.5) is 11.4 Å². The number of nitrogens with one attached hydrogen (secondary N) is 2. The van der Waals surface area contributed by atoms with Crippen LogP contribution in [0.5, 0.6) is 17.2 Å². The number of nitrogens with zero attached hydrogens (tertiary/aromatic N) is 4. The van der Waals surface area contributed by atoms with E-state index in [4.69, 9.17) is 24.2 Å². The van der Waals surface area contributed by atoms with Crippen molar-refractivity contribution in [3.05, 3.63) is 59.8 Å². The highest BCUT2D eigenvalue weighted by molar-refractivity contribution is 7.98. The van der Waals surface area contributed by atoms with E-state index in [9.17, 15) is 4.79 Å². The zero-order valence-electron chi connectivity index (χ0n) is 23.8. The lowest BCUT2D eigenvalue weighted by Gasteiger charge is -2.23. The molecule has 2 aromatic carbocycles. The fraction of sp³-hybridized carbons (Fsp3) is 0.333. The SMILES string of the molecule is CCC(C(=O)Nc1cc(NC2C=NC2)ccc1C)n1cccc2nc(SCc3cc(OC)c(OC)c(OC)c3)nc1-2. The fourth-order valence-electron chi connectivity index (χ4n) is 4.69. The van der Waals surface area contributed by atoms with Gasteiger partial charge in [-0.2, -0.15) is 0 Å². The Balaban J connectivity index is 1.34. The number of benzene rings is 2. The third-order valence-electron chi connectivity index (χ3n) is 6.94. The molecule has 11 heteroatoms. The Morgan fingerprint density at radius 1 is 1.10 bits per heavy atom. The van der Waals surface area contributed by atoms with Gasteiger partial charge in [0.25, 0.3) is 0 Å². The van der Waals surface area contributed by atoms with Gasteiger partial charge >= 0.3 is 0 Å². The minimum Gasteiger partial charge on any atom is -0.493 e. The van der Waals surface area contributed by atoms with E-state index in [2.05, 4.69) is 15.6 Å². The molecule has 0 aromatic heterocycles. The number of hydrogen-bond acceptors (Lipinski definition) is 9. The van der Waals surface area contributed by atoms with Crippen LogP contribution in [0.15, 0.2) is 58.8 Å². The molecule has 2 N–H and O–H groups in total. The summed E-state index contributed by atoms with van der Waals surface area (Å²) in [4.78, 5) is 27.2. The summed E-state index contributed by atoms with van der Waals surface area (Å²) in [6, 6.07) is 13.4. The number of rotatable bonds is 12. The van der Waals surface area contributed by atoms with Crippen LogP contribution in [0.2, 0.25) is 0 Å². The summed E-state index contributed by atoms with van der Waals surface area (Å²) in [6.45, 7) is 4.74. The summed E-state index contributed by atoms with van der Waals surface area (Å²) >= 11 is 1.50. The molecule has 0 saturated carbocycles. The second-order valence-electron chi connectivity index (χ2n) is 9.66. The molecule has 10 nitrogen and oxygen atoms in total. The van der Waals surface area contributed by atoms with E-state index in [1.165, 1.54) is 11.8 Å². The molecule has 0 saturated heterocycles. The first kappa shape index (κ1) is 28.3. The van der Waals surface area contributed by atoms with Crippen LogP contribution < -0.4 is 24.8 Å². The lowest BCUT2D eigenvalue weighted by Crippen LogP contribution is -2.31. The van der Waals surface area contributed by atoms with Crippen LogP contribution in [0, 0.1) is 6.92 Å². The number of ether oxygens (including phenoxy) is 3. The number of anilines is 2. The predicted molar refractivity (Wildman–Crippen MR) is 162 cm³/mol. The molecule has 214 valence electrons. The quantitative estimate of drug-likeness (QED) is 0.215. The van der Waals surface area contributed by atoms with Gasteiger partial charge in [0, 0.05) is 29.5 Å². The van der Waals surface area contributed by atoms with Crippen molar-refractivity contribution in [2.75, 3.05) is 38.5 Å². The average molecular weight is 575 g/mol. The standard InChI is InChI=1S/C30H34N6O4S/c1-6-24(29(37)33-23-14-20(10-9-18(23)2)32-21-15-31-16-21)36-11-7-8-22-28(36)35-30(34-22)41-17-19-12-25(38-3)27(40-5)26(13-19)39-4/h7-15,21,24,32H,6,16-17H2,1-5H3,(H,33,37). The van der Waals surface area contributed by atoms with Gasteiger partial charge in [-0.05, 0) is 60.9 Å². The summed E-state index contributed by atoms with van der Waals surface area (Å²) < 4.78 is 18.3. The number of aromatic nitrogens is 3. The molecule has 0 spiro atoms. The Morgan fingerprint density at radius 3 is 2.49 bits per heavy atom. The van der Waals surface area contributed by atoms with Gasteiger partial charge in [0.2, 0.25) is 11.7 Å². The number of carbonyl (C=O) groups is 1. The first-order valence-electron chi connectivity index (χ1n) is 13.4. The van der Waals surface area contributed by atoms with Crippen molar-refractivity contribution in [2.24, 2.45) is 4.99 Å². The maximum Gasteiger partial charge on any atom is 0.247 e. The van der Waals surface area contributed by atoms with Crippen LogP contribution >= 0.6 is 11.8 Å². The zero-order valence-corrected chi connectivity index (χ0v) is 24.6. The molecule has 5 rings (SSSR count). The number of fused-ring (bicyclic) bond motifs is 1. The Labute approximate surface area is 243 Å². The maximum atomic E-state index is 13.6. The highest BCUT2D eigenvalue weighted by Crippen LogP contribution is 2.40. The molecule has 0 bridgehead atoms. The first-order valence-corrected chi connectivity index (χ1v) is 14.4. The lowest BCUT2D eigenvalue weighted by atomic mass is 10.1. The van der Waals surface area contributed by atoms with Crippen molar-refractivity contribution in [3.8, 4) is 28.8 Å². The minimum absolute atomic E-state index is 0.106. The number of amides is 1. The Kier molecular flexibility index (Phi) is 8.63. The fourth-order valence-corrected chi connectivity index (χ4v) is 5.46. The molecule has 41 heavy (non-hydrogen) atoms. The van der Waals surface area contributed by atoms with Gasteiger partial charge in [-0.3, -0.25) is 9.79 Å². The molecular formula is C30H34N6O4S. The third kappa shape index (κ3) is 6.09. The van der Waals surface area contributed by atoms with Crippen LogP contribution in [0.1, 0.15) is 30.5 Å². The monoisotopic (exact) mass is 574 g/mol. The zero-order chi connectivity index (χ0) is 28.9. The number of thioether (sulfide) groups is 1. The number of carbonyl (C=O) groups excluding carboxylic acids is 1. The van der Waals surface area contributed by atoms with E-state index in [-0.39, 0.29) is 11.9 Å². The number of aryl methyl sites for hydroxylation is 1. The van der Waals surface area contributed by atoms with Gasteiger partial charge in [-0.15, -0.1) is 0 Å². The van der Waals surface area contributed by atoms with E-state index in [1.54, 1.807) is 21.3 Å². The summed E-state index contributed by atoms with van der Waals surface area (Å²) in [5, 5.41) is 7.18. The Bertz CT molecular complexity index is 1510. The van der Waals surface area contributed by atoms with E-state index >= 15 is 0 Å². The molecule has 2 unspecified atom stereocenters. The smallest absolute Gasteiger partial charge is 0.247 e. The molecule has 2 atom stereocenters. The molecule has 1 amide bonds. The molecule has 3 aliphatic rings. The van der Waals surface area contributed by atoms with Gasteiger partial charge in [0.1, 0.15) is 11.7 Å². The molecule has 2 aromatic rings. The topological polar surface area (TPSA) is 112 Å². The van der Waals surface area contributed by atoms with E-state index in [0.717, 1.165) is 34.7 Å². The summed E-state index contributed by atoms with van der Waals surface area (Å²) in [5.74, 6) is 2.90. The highest BCUT2D eigenvalue weighted by atomic mass is 32.2. The summed E-state index contributed by atoms with van der Waals surface area (Å²) in [7, 11) is 4.78. The first-order chi connectivity index (χ1) is 19.9. The Hall–Kier alpha value is -4.25. The molecular weight excluding hydrogens is 540 g/mol. The second-order valence-corrected chi connectivity index (χ2v) is 10.6. The lowest BCUT2D eigenvalue weighted by molar-refractivity contribution is -0.119. The molecule has 0 radical (unpaired) electrons. The predicted octanol–water partition coefficient (Wildman–Crippen LogP) is 5.46. The molecule has 3 aliphatic heterocycles. The van der Waals surface area contributed by atoms with Crippen molar-refractivity contribution in [1.29, 1.82) is 0 Å².